The van der Waals surface area contributed by atoms with E-state index in [1.54, 1.807) is 6.20 Å². The lowest BCUT2D eigenvalue weighted by Crippen LogP contribution is -2.06. The van der Waals surface area contributed by atoms with Crippen LogP contribution in [0.1, 0.15) is 24.5 Å². The zero-order valence-corrected chi connectivity index (χ0v) is 12.2. The first-order valence-corrected chi connectivity index (χ1v) is 7.03. The highest BCUT2D eigenvalue weighted by atomic mass is 35.5. The molecule has 0 amide bonds. The number of nitrogens with zero attached hydrogens (tertiary/aromatic N) is 2. The zero-order chi connectivity index (χ0) is 14.2. The van der Waals surface area contributed by atoms with E-state index < -0.39 is 0 Å². The maximum Gasteiger partial charge on any atom is 0.149 e. The van der Waals surface area contributed by atoms with Gasteiger partial charge in [0.05, 0.1) is 19.0 Å². The first-order chi connectivity index (χ1) is 9.79. The zero-order valence-electron chi connectivity index (χ0n) is 11.5. The topological polar surface area (TPSA) is 47.0 Å². The summed E-state index contributed by atoms with van der Waals surface area (Å²) in [6, 6.07) is 8.20. The summed E-state index contributed by atoms with van der Waals surface area (Å²) in [4.78, 5) is 8.15. The molecule has 106 valence electrons. The molecule has 4 nitrogen and oxygen atoms in total. The number of hydrogen-bond acceptors (Lipinski definition) is 4. The highest BCUT2D eigenvalue weighted by molar-refractivity contribution is 6.29. The van der Waals surface area contributed by atoms with Crippen molar-refractivity contribution in [2.75, 3.05) is 11.9 Å². The molecule has 2 aromatic rings. The van der Waals surface area contributed by atoms with E-state index in [0.29, 0.717) is 24.1 Å². The number of rotatable bonds is 7. The van der Waals surface area contributed by atoms with E-state index in [1.165, 1.54) is 17.3 Å². The van der Waals surface area contributed by atoms with Crippen molar-refractivity contribution < 1.29 is 4.74 Å². The molecule has 0 aliphatic carbocycles. The predicted molar refractivity (Wildman–Crippen MR) is 80.8 cm³/mol. The van der Waals surface area contributed by atoms with Crippen molar-refractivity contribution in [3.63, 3.8) is 0 Å². The molecular formula is C15H18ClN3O. The van der Waals surface area contributed by atoms with Gasteiger partial charge in [-0.05, 0) is 17.5 Å². The minimum absolute atomic E-state index is 0.384. The molecule has 0 bridgehead atoms. The molecule has 0 fully saturated rings. The van der Waals surface area contributed by atoms with Gasteiger partial charge in [-0.25, -0.2) is 4.98 Å². The molecule has 0 radical (unpaired) electrons. The quantitative estimate of drug-likeness (QED) is 0.791. The summed E-state index contributed by atoms with van der Waals surface area (Å²) in [5.41, 5.74) is 2.37. The van der Waals surface area contributed by atoms with Gasteiger partial charge in [0.2, 0.25) is 0 Å². The Bertz CT molecular complexity index is 548. The van der Waals surface area contributed by atoms with Crippen LogP contribution in [-0.4, -0.2) is 16.6 Å². The average molecular weight is 292 g/mol. The SMILES string of the molecule is CCCOCc1ccccc1CNc1cncc(Cl)n1. The van der Waals surface area contributed by atoms with E-state index in [4.69, 9.17) is 16.3 Å². The molecule has 1 heterocycles. The average Bonchev–Trinajstić information content (AvgIpc) is 2.47. The van der Waals surface area contributed by atoms with Crippen LogP contribution in [0.3, 0.4) is 0 Å². The Morgan fingerprint density at radius 2 is 2.00 bits per heavy atom. The fourth-order valence-electron chi connectivity index (χ4n) is 1.81. The van der Waals surface area contributed by atoms with Crippen molar-refractivity contribution in [2.45, 2.75) is 26.5 Å². The molecule has 1 N–H and O–H groups in total. The Morgan fingerprint density at radius 3 is 2.75 bits per heavy atom. The largest absolute Gasteiger partial charge is 0.377 e. The number of ether oxygens (including phenoxy) is 1. The monoisotopic (exact) mass is 291 g/mol. The van der Waals surface area contributed by atoms with Crippen molar-refractivity contribution in [1.29, 1.82) is 0 Å². The third-order valence-electron chi connectivity index (χ3n) is 2.79. The molecule has 2 rings (SSSR count). The molecule has 0 spiro atoms. The number of aromatic nitrogens is 2. The summed E-state index contributed by atoms with van der Waals surface area (Å²) >= 11 is 5.81. The maximum atomic E-state index is 5.81. The molecule has 0 unspecified atom stereocenters. The summed E-state index contributed by atoms with van der Waals surface area (Å²) in [5.74, 6) is 0.668. The number of benzene rings is 1. The Morgan fingerprint density at radius 1 is 1.20 bits per heavy atom. The van der Waals surface area contributed by atoms with Crippen molar-refractivity contribution in [2.24, 2.45) is 0 Å². The molecule has 0 aliphatic heterocycles. The second-order valence-electron chi connectivity index (χ2n) is 4.40. The number of hydrogen-bond donors (Lipinski definition) is 1. The summed E-state index contributed by atoms with van der Waals surface area (Å²) in [6.45, 7) is 4.18. The van der Waals surface area contributed by atoms with Crippen LogP contribution >= 0.6 is 11.6 Å². The van der Waals surface area contributed by atoms with E-state index in [1.807, 2.05) is 12.1 Å². The lowest BCUT2D eigenvalue weighted by molar-refractivity contribution is 0.121. The maximum absolute atomic E-state index is 5.81. The van der Waals surface area contributed by atoms with E-state index in [9.17, 15) is 0 Å². The lowest BCUT2D eigenvalue weighted by Gasteiger charge is -2.11. The number of halogens is 1. The first-order valence-electron chi connectivity index (χ1n) is 6.65. The van der Waals surface area contributed by atoms with E-state index in [-0.39, 0.29) is 0 Å². The minimum atomic E-state index is 0.384. The van der Waals surface area contributed by atoms with Crippen LogP contribution in [0, 0.1) is 0 Å². The molecule has 1 aromatic carbocycles. The smallest absolute Gasteiger partial charge is 0.149 e. The van der Waals surface area contributed by atoms with Gasteiger partial charge in [0, 0.05) is 13.2 Å². The van der Waals surface area contributed by atoms with Crippen molar-refractivity contribution in [3.8, 4) is 0 Å². The summed E-state index contributed by atoms with van der Waals surface area (Å²) in [5, 5.41) is 3.60. The number of anilines is 1. The van der Waals surface area contributed by atoms with Gasteiger partial charge in [0.15, 0.2) is 0 Å². The minimum Gasteiger partial charge on any atom is -0.377 e. The van der Waals surface area contributed by atoms with E-state index >= 15 is 0 Å². The number of nitrogens with one attached hydrogen (secondary N) is 1. The van der Waals surface area contributed by atoms with E-state index in [0.717, 1.165) is 13.0 Å². The van der Waals surface area contributed by atoms with Gasteiger partial charge in [-0.15, -0.1) is 0 Å². The van der Waals surface area contributed by atoms with Gasteiger partial charge in [-0.2, -0.15) is 0 Å². The van der Waals surface area contributed by atoms with Crippen molar-refractivity contribution in [1.82, 2.24) is 9.97 Å². The summed E-state index contributed by atoms with van der Waals surface area (Å²) in [6.07, 6.45) is 4.19. The normalized spacial score (nSPS) is 10.5. The van der Waals surface area contributed by atoms with Crippen LogP contribution in [0.5, 0.6) is 0 Å². The Kier molecular flexibility index (Phi) is 5.77. The van der Waals surface area contributed by atoms with Crippen molar-refractivity contribution >= 4 is 17.4 Å². The third kappa shape index (κ3) is 4.47. The van der Waals surface area contributed by atoms with E-state index in [2.05, 4.69) is 34.3 Å². The van der Waals surface area contributed by atoms with Crippen LogP contribution in [0.25, 0.3) is 0 Å². The standard InChI is InChI=1S/C15H18ClN3O/c1-2-7-20-11-13-6-4-3-5-12(13)8-18-15-10-17-9-14(16)19-15/h3-6,9-10H,2,7-8,11H2,1H3,(H,18,19). The Balaban J connectivity index is 1.98. The molecule has 20 heavy (non-hydrogen) atoms. The van der Waals surface area contributed by atoms with Crippen LogP contribution in [0.2, 0.25) is 5.15 Å². The Labute approximate surface area is 124 Å². The third-order valence-corrected chi connectivity index (χ3v) is 2.97. The molecule has 0 saturated heterocycles. The predicted octanol–water partition coefficient (Wildman–Crippen LogP) is 3.67. The van der Waals surface area contributed by atoms with Gasteiger partial charge in [-0.1, -0.05) is 42.8 Å². The molecule has 0 saturated carbocycles. The van der Waals surface area contributed by atoms with Gasteiger partial charge in [0.25, 0.3) is 0 Å². The van der Waals surface area contributed by atoms with Gasteiger partial charge in [-0.3, -0.25) is 4.98 Å². The summed E-state index contributed by atoms with van der Waals surface area (Å²) < 4.78 is 5.60. The van der Waals surface area contributed by atoms with Gasteiger partial charge >= 0.3 is 0 Å². The van der Waals surface area contributed by atoms with Crippen LogP contribution in [-0.2, 0) is 17.9 Å². The molecule has 0 aliphatic rings. The lowest BCUT2D eigenvalue weighted by atomic mass is 10.1. The highest BCUT2D eigenvalue weighted by Gasteiger charge is 2.03. The van der Waals surface area contributed by atoms with Crippen molar-refractivity contribution in [3.05, 3.63) is 52.9 Å². The van der Waals surface area contributed by atoms with Crippen LogP contribution < -0.4 is 5.32 Å². The second-order valence-corrected chi connectivity index (χ2v) is 4.79. The molecular weight excluding hydrogens is 274 g/mol. The fraction of sp³-hybridized carbons (Fsp3) is 0.333. The molecule has 0 atom stereocenters. The Hall–Kier alpha value is -1.65. The molecule has 1 aromatic heterocycles. The first kappa shape index (κ1) is 14.8. The van der Waals surface area contributed by atoms with Gasteiger partial charge < -0.3 is 10.1 Å². The highest BCUT2D eigenvalue weighted by Crippen LogP contribution is 2.13. The summed E-state index contributed by atoms with van der Waals surface area (Å²) in [7, 11) is 0. The van der Waals surface area contributed by atoms with Crippen LogP contribution in [0.15, 0.2) is 36.7 Å². The second kappa shape index (κ2) is 7.82. The molecule has 5 heteroatoms. The fourth-order valence-corrected chi connectivity index (χ4v) is 1.96. The van der Waals surface area contributed by atoms with Crippen LogP contribution in [0.4, 0.5) is 5.82 Å². The van der Waals surface area contributed by atoms with Gasteiger partial charge in [0.1, 0.15) is 11.0 Å².